The van der Waals surface area contributed by atoms with Crippen molar-refractivity contribution in [3.8, 4) is 6.07 Å². The van der Waals surface area contributed by atoms with Gasteiger partial charge in [0.15, 0.2) is 5.78 Å². The average molecular weight is 294 g/mol. The number of likely N-dealkylation sites (N-methyl/N-ethyl adjacent to an activating group) is 1. The molecule has 0 aliphatic carbocycles. The lowest BCUT2D eigenvalue weighted by Crippen LogP contribution is -2.43. The van der Waals surface area contributed by atoms with Crippen LogP contribution in [0.5, 0.6) is 0 Å². The van der Waals surface area contributed by atoms with Crippen molar-refractivity contribution in [2.75, 3.05) is 44.3 Å². The quantitative estimate of drug-likeness (QED) is 0.809. The first-order chi connectivity index (χ1) is 9.52. The van der Waals surface area contributed by atoms with Gasteiger partial charge in [0.25, 0.3) is 0 Å². The Labute approximate surface area is 122 Å². The van der Waals surface area contributed by atoms with Gasteiger partial charge in [-0.05, 0) is 7.05 Å². The van der Waals surface area contributed by atoms with Crippen LogP contribution in [-0.2, 0) is 4.74 Å². The van der Waals surface area contributed by atoms with Gasteiger partial charge in [0, 0.05) is 26.6 Å². The van der Waals surface area contributed by atoms with Crippen LogP contribution in [-0.4, -0.2) is 50.1 Å². The number of Topliss-reactive ketones (excluding diaryl/α,β-unsaturated/α-hetero) is 1. The van der Waals surface area contributed by atoms with Crippen molar-refractivity contribution < 1.29 is 9.53 Å². The Hall–Kier alpha value is -1.62. The van der Waals surface area contributed by atoms with Crippen molar-refractivity contribution in [2.24, 2.45) is 0 Å². The molecule has 1 saturated heterocycles. The van der Waals surface area contributed by atoms with Crippen molar-refractivity contribution in [1.82, 2.24) is 4.90 Å². The van der Waals surface area contributed by atoms with Gasteiger partial charge in [-0.25, -0.2) is 0 Å². The molecule has 108 valence electrons. The third-order valence-electron chi connectivity index (χ3n) is 3.21. The highest BCUT2D eigenvalue weighted by Crippen LogP contribution is 2.35. The lowest BCUT2D eigenvalue weighted by atomic mass is 10.2. The lowest BCUT2D eigenvalue weighted by molar-refractivity contribution is -0.0116. The number of ketones is 1. The van der Waals surface area contributed by atoms with Crippen LogP contribution in [0.3, 0.4) is 0 Å². The Morgan fingerprint density at radius 2 is 2.45 bits per heavy atom. The summed E-state index contributed by atoms with van der Waals surface area (Å²) in [4.78, 5) is 14.1. The largest absolute Gasteiger partial charge is 0.396 e. The van der Waals surface area contributed by atoms with Crippen LogP contribution in [0.15, 0.2) is 0 Å². The normalized spacial score (nSPS) is 19.6. The molecule has 20 heavy (non-hydrogen) atoms. The number of anilines is 2. The van der Waals surface area contributed by atoms with E-state index in [1.807, 2.05) is 7.05 Å². The molecule has 1 fully saturated rings. The highest BCUT2D eigenvalue weighted by molar-refractivity contribution is 7.18. The molecule has 0 spiro atoms. The standard InChI is InChI=1S/C13H18N4O2S/c1-8(18)12-11(15)10(5-14)13(20-12)16-6-9-7-17(2)3-4-19-9/h9,16H,3-4,6-7,15H2,1-2H3. The number of thiophene rings is 1. The molecule has 7 heteroatoms. The van der Waals surface area contributed by atoms with Crippen molar-refractivity contribution in [2.45, 2.75) is 13.0 Å². The Kier molecular flexibility index (Phi) is 4.60. The van der Waals surface area contributed by atoms with Crippen LogP contribution in [0.1, 0.15) is 22.2 Å². The fourth-order valence-electron chi connectivity index (χ4n) is 2.14. The Bertz CT molecular complexity index is 549. The number of hydrogen-bond donors (Lipinski definition) is 2. The minimum Gasteiger partial charge on any atom is -0.396 e. The zero-order valence-electron chi connectivity index (χ0n) is 11.6. The van der Waals surface area contributed by atoms with Gasteiger partial charge in [0.1, 0.15) is 16.6 Å². The molecule has 0 saturated carbocycles. The van der Waals surface area contributed by atoms with E-state index in [2.05, 4.69) is 16.3 Å². The van der Waals surface area contributed by atoms with E-state index < -0.39 is 0 Å². The van der Waals surface area contributed by atoms with Crippen LogP contribution in [0.2, 0.25) is 0 Å². The number of nitriles is 1. The van der Waals surface area contributed by atoms with Gasteiger partial charge in [-0.1, -0.05) is 0 Å². The summed E-state index contributed by atoms with van der Waals surface area (Å²) in [6.45, 7) is 4.53. The number of nitrogens with zero attached hydrogens (tertiary/aromatic N) is 2. The summed E-state index contributed by atoms with van der Waals surface area (Å²) < 4.78 is 5.65. The number of ether oxygens (including phenoxy) is 1. The van der Waals surface area contributed by atoms with Crippen LogP contribution in [0.4, 0.5) is 10.7 Å². The minimum atomic E-state index is -0.120. The van der Waals surface area contributed by atoms with Gasteiger partial charge < -0.3 is 20.7 Å². The second-order valence-corrected chi connectivity index (χ2v) is 5.87. The number of nitrogens with two attached hydrogens (primary N) is 1. The van der Waals surface area contributed by atoms with Crippen LogP contribution >= 0.6 is 11.3 Å². The summed E-state index contributed by atoms with van der Waals surface area (Å²) in [5.74, 6) is -0.120. The van der Waals surface area contributed by atoms with Gasteiger partial charge in [0.2, 0.25) is 0 Å². The summed E-state index contributed by atoms with van der Waals surface area (Å²) in [5, 5.41) is 13.0. The maximum atomic E-state index is 11.5. The molecule has 1 aliphatic heterocycles. The number of hydrogen-bond acceptors (Lipinski definition) is 7. The molecule has 0 bridgehead atoms. The molecule has 1 aliphatic rings. The number of nitrogens with one attached hydrogen (secondary N) is 1. The summed E-state index contributed by atoms with van der Waals surface area (Å²) in [7, 11) is 2.05. The van der Waals surface area contributed by atoms with Crippen molar-refractivity contribution >= 4 is 27.8 Å². The summed E-state index contributed by atoms with van der Waals surface area (Å²) >= 11 is 1.23. The van der Waals surface area contributed by atoms with Gasteiger partial charge in [-0.2, -0.15) is 5.26 Å². The molecule has 1 aromatic rings. The molecule has 0 amide bonds. The van der Waals surface area contributed by atoms with E-state index in [0.717, 1.165) is 13.1 Å². The molecular formula is C13H18N4O2S. The number of carbonyl (C=O) groups is 1. The van der Waals surface area contributed by atoms with Gasteiger partial charge >= 0.3 is 0 Å². The Morgan fingerprint density at radius 1 is 1.70 bits per heavy atom. The monoisotopic (exact) mass is 294 g/mol. The van der Waals surface area contributed by atoms with Crippen molar-refractivity contribution in [3.05, 3.63) is 10.4 Å². The highest BCUT2D eigenvalue weighted by atomic mass is 32.1. The van der Waals surface area contributed by atoms with Gasteiger partial charge in [0.05, 0.1) is 23.3 Å². The van der Waals surface area contributed by atoms with E-state index >= 15 is 0 Å². The predicted molar refractivity (Wildman–Crippen MR) is 79.2 cm³/mol. The van der Waals surface area contributed by atoms with E-state index in [1.54, 1.807) is 0 Å². The first kappa shape index (κ1) is 14.8. The fourth-order valence-corrected chi connectivity index (χ4v) is 3.11. The third kappa shape index (κ3) is 3.10. The van der Waals surface area contributed by atoms with Gasteiger partial charge in [-0.3, -0.25) is 4.79 Å². The molecule has 1 aromatic heterocycles. The smallest absolute Gasteiger partial charge is 0.171 e. The zero-order valence-corrected chi connectivity index (χ0v) is 12.4. The predicted octanol–water partition coefficient (Wildman–Crippen LogP) is 1.15. The SMILES string of the molecule is CC(=O)c1sc(NCC2CN(C)CCO2)c(C#N)c1N. The molecule has 0 aromatic carbocycles. The first-order valence-corrected chi connectivity index (χ1v) is 7.22. The zero-order chi connectivity index (χ0) is 14.7. The van der Waals surface area contributed by atoms with E-state index in [1.165, 1.54) is 18.3 Å². The third-order valence-corrected chi connectivity index (χ3v) is 4.47. The number of carbonyl (C=O) groups excluding carboxylic acids is 1. The molecule has 3 N–H and O–H groups in total. The van der Waals surface area contributed by atoms with Crippen LogP contribution in [0.25, 0.3) is 0 Å². The fraction of sp³-hybridized carbons (Fsp3) is 0.538. The van der Waals surface area contributed by atoms with E-state index in [9.17, 15) is 4.79 Å². The maximum absolute atomic E-state index is 11.5. The first-order valence-electron chi connectivity index (χ1n) is 6.40. The molecule has 2 heterocycles. The molecule has 0 radical (unpaired) electrons. The number of nitrogen functional groups attached to an aromatic ring is 1. The average Bonchev–Trinajstić information content (AvgIpc) is 2.73. The van der Waals surface area contributed by atoms with E-state index in [-0.39, 0.29) is 17.6 Å². The molecule has 2 rings (SSSR count). The number of morpholine rings is 1. The van der Waals surface area contributed by atoms with Crippen LogP contribution in [0, 0.1) is 11.3 Å². The molecule has 1 unspecified atom stereocenters. The van der Waals surface area contributed by atoms with Crippen LogP contribution < -0.4 is 11.1 Å². The maximum Gasteiger partial charge on any atom is 0.171 e. The molecular weight excluding hydrogens is 276 g/mol. The van der Waals surface area contributed by atoms with Crippen molar-refractivity contribution in [3.63, 3.8) is 0 Å². The summed E-state index contributed by atoms with van der Waals surface area (Å²) in [6.07, 6.45) is 0.0735. The Balaban J connectivity index is 2.08. The molecule has 1 atom stereocenters. The Morgan fingerprint density at radius 3 is 3.05 bits per heavy atom. The summed E-state index contributed by atoms with van der Waals surface area (Å²) in [5.41, 5.74) is 6.46. The van der Waals surface area contributed by atoms with Crippen molar-refractivity contribution in [1.29, 1.82) is 5.26 Å². The van der Waals surface area contributed by atoms with Gasteiger partial charge in [-0.15, -0.1) is 11.3 Å². The minimum absolute atomic E-state index is 0.0735. The lowest BCUT2D eigenvalue weighted by Gasteiger charge is -2.30. The topological polar surface area (TPSA) is 91.4 Å². The highest BCUT2D eigenvalue weighted by Gasteiger charge is 2.21. The summed E-state index contributed by atoms with van der Waals surface area (Å²) in [6, 6.07) is 2.06. The number of rotatable bonds is 4. The second-order valence-electron chi connectivity index (χ2n) is 4.85. The molecule has 6 nitrogen and oxygen atoms in total. The van der Waals surface area contributed by atoms with E-state index in [0.29, 0.717) is 28.6 Å². The second kappa shape index (κ2) is 6.22. The van der Waals surface area contributed by atoms with E-state index in [4.69, 9.17) is 15.7 Å².